The van der Waals surface area contributed by atoms with Gasteiger partial charge in [0.1, 0.15) is 0 Å². The van der Waals surface area contributed by atoms with Crippen molar-refractivity contribution in [3.8, 4) is 0 Å². The first-order valence-corrected chi connectivity index (χ1v) is 0. The van der Waals surface area contributed by atoms with E-state index < -0.39 is 0 Å². The third-order valence-corrected chi connectivity index (χ3v) is 0. The predicted molar refractivity (Wildman–Crippen MR) is 2.06 cm³/mol. The summed E-state index contributed by atoms with van der Waals surface area (Å²) in [5, 5.41) is 0. The van der Waals surface area contributed by atoms with Gasteiger partial charge >= 0.3 is 68.3 Å². The second-order valence-corrected chi connectivity index (χ2v) is 0. The monoisotopic (exact) mass is 203 g/mol. The van der Waals surface area contributed by atoms with Gasteiger partial charge in [0, 0.05) is 0 Å². The molecule has 0 spiro atoms. The van der Waals surface area contributed by atoms with E-state index in [0.717, 1.165) is 0 Å². The molecule has 0 amide bonds. The summed E-state index contributed by atoms with van der Waals surface area (Å²) >= 11 is 0. The van der Waals surface area contributed by atoms with Crippen LogP contribution in [0.4, 0.5) is 0 Å². The molecule has 0 aliphatic heterocycles. The molecule has 31 valence electrons. The molecule has 6 heteroatoms. The minimum atomic E-state index is 0. The molecular weight excluding hydrogens is 203 g/mol. The zero-order valence-electron chi connectivity index (χ0n) is 3.14. The van der Waals surface area contributed by atoms with Crippen molar-refractivity contribution in [3.63, 3.8) is 0 Å². The van der Waals surface area contributed by atoms with Crippen molar-refractivity contribution in [2.75, 3.05) is 0 Å². The molecule has 0 aromatic carbocycles. The minimum Gasteiger partial charge on any atom is -2.00 e. The summed E-state index contributed by atoms with van der Waals surface area (Å²) in [5.74, 6) is 0. The Morgan fingerprint density at radius 3 is 0.667 bits per heavy atom. The van der Waals surface area contributed by atoms with E-state index in [0.29, 0.717) is 0 Å². The fraction of sp³-hybridized carbons (Fsp3) is 0. The first-order valence-electron chi connectivity index (χ1n) is 0. The predicted octanol–water partition coefficient (Wildman–Crippen LogP) is -3.36. The van der Waals surface area contributed by atoms with Crippen LogP contribution in [-0.2, 0) is 65.9 Å². The maximum atomic E-state index is 0. The van der Waals surface area contributed by atoms with Crippen LogP contribution in [-0.4, -0.2) is 0 Å². The summed E-state index contributed by atoms with van der Waals surface area (Å²) in [6.07, 6.45) is 0. The molecule has 0 heterocycles. The first-order chi connectivity index (χ1) is 0. The second-order valence-electron chi connectivity index (χ2n) is 0. The Balaban J connectivity index is 0. The molecule has 0 atom stereocenters. The molecular formula is CoLiO3Y. The molecule has 0 aromatic rings. The molecule has 6 heavy (non-hydrogen) atoms. The normalized spacial score (nSPS) is 0. The smallest absolute Gasteiger partial charge is 2.00 e. The van der Waals surface area contributed by atoms with Crippen molar-refractivity contribution in [1.82, 2.24) is 0 Å². The van der Waals surface area contributed by atoms with Crippen molar-refractivity contribution < 1.29 is 84.8 Å². The molecule has 1 radical (unpaired) electrons. The average Bonchev–Trinajstić information content (AvgIpc) is 0. The van der Waals surface area contributed by atoms with Gasteiger partial charge in [-0.25, -0.2) is 0 Å². The van der Waals surface area contributed by atoms with E-state index in [2.05, 4.69) is 0 Å². The van der Waals surface area contributed by atoms with Crippen LogP contribution in [0.15, 0.2) is 0 Å². The molecule has 3 nitrogen and oxygen atoms in total. The molecule has 0 aliphatic rings. The van der Waals surface area contributed by atoms with Gasteiger partial charge in [-0.05, 0) is 0 Å². The van der Waals surface area contributed by atoms with Crippen LogP contribution in [0.1, 0.15) is 0 Å². The van der Waals surface area contributed by atoms with E-state index in [1.54, 1.807) is 0 Å². The summed E-state index contributed by atoms with van der Waals surface area (Å²) in [6.45, 7) is 0. The van der Waals surface area contributed by atoms with Crippen LogP contribution in [0, 0.1) is 0 Å². The van der Waals surface area contributed by atoms with Crippen LogP contribution in [0.2, 0.25) is 0 Å². The van der Waals surface area contributed by atoms with E-state index >= 15 is 0 Å². The molecule has 0 saturated heterocycles. The topological polar surface area (TPSA) is 85.5 Å². The second kappa shape index (κ2) is 60.3. The maximum Gasteiger partial charge on any atom is 3.00 e. The molecule has 0 aromatic heterocycles. The van der Waals surface area contributed by atoms with Gasteiger partial charge in [-0.15, -0.1) is 0 Å². The van der Waals surface area contributed by atoms with E-state index in [1.807, 2.05) is 0 Å². The Hall–Kier alpha value is 2.09. The SMILES string of the molecule is [Co+2].[Li+].[O-2].[O-2].[O-2].[Y+3]. The Morgan fingerprint density at radius 2 is 0.667 bits per heavy atom. The van der Waals surface area contributed by atoms with Crippen LogP contribution in [0.5, 0.6) is 0 Å². The van der Waals surface area contributed by atoms with E-state index in [9.17, 15) is 0 Å². The molecule has 0 rings (SSSR count). The third-order valence-electron chi connectivity index (χ3n) is 0. The van der Waals surface area contributed by atoms with E-state index in [1.165, 1.54) is 0 Å². The van der Waals surface area contributed by atoms with Gasteiger partial charge in [0.2, 0.25) is 0 Å². The minimum absolute atomic E-state index is 0. The number of hydrogen-bond acceptors (Lipinski definition) is 0. The van der Waals surface area contributed by atoms with Gasteiger partial charge in [-0.2, -0.15) is 0 Å². The maximum absolute atomic E-state index is 0. The van der Waals surface area contributed by atoms with Crippen molar-refractivity contribution in [1.29, 1.82) is 0 Å². The Kier molecular flexibility index (Phi) is 936. The summed E-state index contributed by atoms with van der Waals surface area (Å²) in [7, 11) is 0. The van der Waals surface area contributed by atoms with Crippen molar-refractivity contribution >= 4 is 0 Å². The van der Waals surface area contributed by atoms with Gasteiger partial charge in [0.25, 0.3) is 0 Å². The van der Waals surface area contributed by atoms with Gasteiger partial charge < -0.3 is 16.4 Å². The van der Waals surface area contributed by atoms with Crippen LogP contribution < -0.4 is 18.9 Å². The van der Waals surface area contributed by atoms with E-state index in [-0.39, 0.29) is 84.8 Å². The van der Waals surface area contributed by atoms with Crippen molar-refractivity contribution in [3.05, 3.63) is 0 Å². The van der Waals surface area contributed by atoms with Gasteiger partial charge in [-0.3, -0.25) is 0 Å². The summed E-state index contributed by atoms with van der Waals surface area (Å²) in [5.41, 5.74) is 0. The fourth-order valence-corrected chi connectivity index (χ4v) is 0. The molecule has 0 N–H and O–H groups in total. The largest absolute Gasteiger partial charge is 3.00 e. The van der Waals surface area contributed by atoms with Crippen molar-refractivity contribution in [2.45, 2.75) is 0 Å². The van der Waals surface area contributed by atoms with Crippen LogP contribution >= 0.6 is 0 Å². The number of hydrogen-bond donors (Lipinski definition) is 0. The standard InChI is InChI=1S/Co.Li.3O.Y/q+2;+1;3*-2;+3. The van der Waals surface area contributed by atoms with E-state index in [4.69, 9.17) is 0 Å². The molecule has 0 unspecified atom stereocenters. The Morgan fingerprint density at radius 1 is 0.667 bits per heavy atom. The third kappa shape index (κ3) is 36.2. The zero-order chi connectivity index (χ0) is 0. The molecule has 0 saturated carbocycles. The van der Waals surface area contributed by atoms with Gasteiger partial charge in [0.15, 0.2) is 0 Å². The average molecular weight is 203 g/mol. The van der Waals surface area contributed by atoms with Crippen molar-refractivity contribution in [2.24, 2.45) is 0 Å². The van der Waals surface area contributed by atoms with Gasteiger partial charge in [-0.1, -0.05) is 0 Å². The van der Waals surface area contributed by atoms with Crippen LogP contribution in [0.3, 0.4) is 0 Å². The summed E-state index contributed by atoms with van der Waals surface area (Å²) in [6, 6.07) is 0. The molecule has 0 aliphatic carbocycles. The van der Waals surface area contributed by atoms with Crippen LogP contribution in [0.25, 0.3) is 0 Å². The number of rotatable bonds is 0. The summed E-state index contributed by atoms with van der Waals surface area (Å²) in [4.78, 5) is 0. The Bertz CT molecular complexity index is 10.8. The fourth-order valence-electron chi connectivity index (χ4n) is 0. The quantitative estimate of drug-likeness (QED) is 0.368. The molecule has 0 bridgehead atoms. The summed E-state index contributed by atoms with van der Waals surface area (Å²) < 4.78 is 0. The molecule has 0 fully saturated rings. The first kappa shape index (κ1) is 93.2. The van der Waals surface area contributed by atoms with Gasteiger partial charge in [0.05, 0.1) is 0 Å². The zero-order valence-corrected chi connectivity index (χ0v) is 7.01. The Labute approximate surface area is 83.8 Å².